The Hall–Kier alpha value is 0.110. The summed E-state index contributed by atoms with van der Waals surface area (Å²) in [6, 6.07) is 0. The van der Waals surface area contributed by atoms with Crippen LogP contribution in [0.1, 0.15) is 20.8 Å². The minimum absolute atomic E-state index is 0.319. The number of hydrogen-bond acceptors (Lipinski definition) is 2. The van der Waals surface area contributed by atoms with Crippen LogP contribution in [0.2, 0.25) is 0 Å². The monoisotopic (exact) mass is 204 g/mol. The van der Waals surface area contributed by atoms with Crippen molar-refractivity contribution in [2.45, 2.75) is 26.4 Å². The molecule has 0 N–H and O–H groups in total. The molecule has 2 aliphatic rings. The average Bonchev–Trinajstić information content (AvgIpc) is 2.80. The fourth-order valence-electron chi connectivity index (χ4n) is 1.25. The fraction of sp³-hybridized carbons (Fsp3) is 1.00. The second-order valence-electron chi connectivity index (χ2n) is 4.60. The first-order valence-corrected chi connectivity index (χ1v) is 6.26. The second kappa shape index (κ2) is 2.80. The molecular formula is C8H17N2O2P. The smallest absolute Gasteiger partial charge is 0.300 e. The van der Waals surface area contributed by atoms with Crippen LogP contribution in [0.3, 0.4) is 0 Å². The Morgan fingerprint density at radius 1 is 1.08 bits per heavy atom. The molecule has 4 nitrogen and oxygen atoms in total. The Kier molecular flexibility index (Phi) is 2.08. The molecule has 0 aromatic carbocycles. The SMILES string of the molecule is CC(C)(C)OP(=O)(N1CC1)N1CC1. The molecule has 2 aliphatic heterocycles. The van der Waals surface area contributed by atoms with Gasteiger partial charge in [0.2, 0.25) is 0 Å². The Labute approximate surface area is 79.4 Å². The van der Waals surface area contributed by atoms with Gasteiger partial charge < -0.3 is 4.52 Å². The van der Waals surface area contributed by atoms with E-state index in [0.29, 0.717) is 0 Å². The van der Waals surface area contributed by atoms with Crippen LogP contribution in [0, 0.1) is 0 Å². The third-order valence-corrected chi connectivity index (χ3v) is 4.97. The van der Waals surface area contributed by atoms with Crippen molar-refractivity contribution in [2.75, 3.05) is 26.2 Å². The van der Waals surface area contributed by atoms with Crippen molar-refractivity contribution in [3.05, 3.63) is 0 Å². The summed E-state index contributed by atoms with van der Waals surface area (Å²) in [5.74, 6) is 0. The van der Waals surface area contributed by atoms with Gasteiger partial charge in [-0.2, -0.15) is 0 Å². The van der Waals surface area contributed by atoms with E-state index >= 15 is 0 Å². The molecule has 0 radical (unpaired) electrons. The summed E-state index contributed by atoms with van der Waals surface area (Å²) in [6.45, 7) is 9.54. The molecule has 0 amide bonds. The van der Waals surface area contributed by atoms with Gasteiger partial charge in [0.05, 0.1) is 5.60 Å². The zero-order valence-corrected chi connectivity index (χ0v) is 9.38. The number of rotatable bonds is 3. The van der Waals surface area contributed by atoms with Gasteiger partial charge in [0.1, 0.15) is 0 Å². The first-order valence-electron chi connectivity index (χ1n) is 4.73. The van der Waals surface area contributed by atoms with Gasteiger partial charge in [-0.25, -0.2) is 9.34 Å². The van der Waals surface area contributed by atoms with E-state index in [1.165, 1.54) is 0 Å². The summed E-state index contributed by atoms with van der Waals surface area (Å²) in [4.78, 5) is 0. The Morgan fingerprint density at radius 2 is 1.46 bits per heavy atom. The van der Waals surface area contributed by atoms with Crippen molar-refractivity contribution in [3.8, 4) is 0 Å². The summed E-state index contributed by atoms with van der Waals surface area (Å²) in [5.41, 5.74) is -0.319. The summed E-state index contributed by atoms with van der Waals surface area (Å²) >= 11 is 0. The zero-order valence-electron chi connectivity index (χ0n) is 8.49. The fourth-order valence-corrected chi connectivity index (χ4v) is 3.74. The van der Waals surface area contributed by atoms with Crippen molar-refractivity contribution >= 4 is 7.67 Å². The molecule has 0 unspecified atom stereocenters. The van der Waals surface area contributed by atoms with Crippen LogP contribution in [0.15, 0.2) is 0 Å². The normalized spacial score (nSPS) is 24.8. The maximum atomic E-state index is 12.4. The molecule has 0 saturated carbocycles. The third kappa shape index (κ3) is 2.13. The molecule has 76 valence electrons. The predicted octanol–water partition coefficient (Wildman–Crippen LogP) is 1.54. The van der Waals surface area contributed by atoms with Gasteiger partial charge in [0.25, 0.3) is 0 Å². The maximum Gasteiger partial charge on any atom is 0.346 e. The van der Waals surface area contributed by atoms with E-state index in [4.69, 9.17) is 4.52 Å². The molecule has 5 heteroatoms. The zero-order chi connectivity index (χ0) is 9.69. The van der Waals surface area contributed by atoms with Gasteiger partial charge in [-0.15, -0.1) is 0 Å². The highest BCUT2D eigenvalue weighted by atomic mass is 31.2. The molecule has 2 saturated heterocycles. The lowest BCUT2D eigenvalue weighted by Crippen LogP contribution is -2.22. The summed E-state index contributed by atoms with van der Waals surface area (Å²) in [5, 5.41) is 0. The molecule has 0 bridgehead atoms. The van der Waals surface area contributed by atoms with E-state index in [9.17, 15) is 4.57 Å². The van der Waals surface area contributed by atoms with E-state index < -0.39 is 7.67 Å². The van der Waals surface area contributed by atoms with Crippen LogP contribution in [0.4, 0.5) is 0 Å². The minimum Gasteiger partial charge on any atom is -0.300 e. The van der Waals surface area contributed by atoms with Crippen LogP contribution in [0.25, 0.3) is 0 Å². The van der Waals surface area contributed by atoms with Crippen LogP contribution in [0.5, 0.6) is 0 Å². The number of hydrogen-bond donors (Lipinski definition) is 0. The van der Waals surface area contributed by atoms with Crippen LogP contribution >= 0.6 is 7.67 Å². The molecule has 13 heavy (non-hydrogen) atoms. The second-order valence-corrected chi connectivity index (χ2v) is 6.90. The molecule has 0 atom stereocenters. The Balaban J connectivity index is 2.09. The van der Waals surface area contributed by atoms with Gasteiger partial charge in [-0.3, -0.25) is 4.57 Å². The van der Waals surface area contributed by atoms with Gasteiger partial charge in [0.15, 0.2) is 0 Å². The van der Waals surface area contributed by atoms with Crippen molar-refractivity contribution in [3.63, 3.8) is 0 Å². The molecule has 2 fully saturated rings. The Morgan fingerprint density at radius 3 is 1.69 bits per heavy atom. The van der Waals surface area contributed by atoms with Gasteiger partial charge >= 0.3 is 7.67 Å². The molecule has 0 aromatic heterocycles. The summed E-state index contributed by atoms with van der Waals surface area (Å²) in [6.07, 6.45) is 0. The van der Waals surface area contributed by atoms with Crippen LogP contribution < -0.4 is 0 Å². The van der Waals surface area contributed by atoms with E-state index in [1.807, 2.05) is 30.1 Å². The first-order chi connectivity index (χ1) is 5.92. The first kappa shape index (κ1) is 9.66. The van der Waals surface area contributed by atoms with E-state index in [0.717, 1.165) is 26.2 Å². The van der Waals surface area contributed by atoms with Gasteiger partial charge in [0, 0.05) is 26.2 Å². The molecule has 0 aromatic rings. The van der Waals surface area contributed by atoms with Gasteiger partial charge in [-0.05, 0) is 20.8 Å². The minimum atomic E-state index is -2.60. The Bertz CT molecular complexity index is 237. The average molecular weight is 204 g/mol. The maximum absolute atomic E-state index is 12.4. The molecule has 0 spiro atoms. The lowest BCUT2D eigenvalue weighted by molar-refractivity contribution is 0.116. The van der Waals surface area contributed by atoms with Crippen molar-refractivity contribution in [2.24, 2.45) is 0 Å². The van der Waals surface area contributed by atoms with E-state index in [2.05, 4.69) is 0 Å². The van der Waals surface area contributed by atoms with Gasteiger partial charge in [-0.1, -0.05) is 0 Å². The van der Waals surface area contributed by atoms with Crippen molar-refractivity contribution in [1.29, 1.82) is 0 Å². The van der Waals surface area contributed by atoms with Crippen molar-refractivity contribution < 1.29 is 9.09 Å². The predicted molar refractivity (Wildman–Crippen MR) is 51.6 cm³/mol. The molecule has 2 heterocycles. The van der Waals surface area contributed by atoms with Crippen LogP contribution in [-0.4, -0.2) is 41.1 Å². The molecular weight excluding hydrogens is 187 g/mol. The topological polar surface area (TPSA) is 32.3 Å². The highest BCUT2D eigenvalue weighted by Crippen LogP contribution is 2.62. The lowest BCUT2D eigenvalue weighted by atomic mass is 10.2. The third-order valence-electron chi connectivity index (χ3n) is 1.95. The van der Waals surface area contributed by atoms with Crippen molar-refractivity contribution in [1.82, 2.24) is 9.34 Å². The van der Waals surface area contributed by atoms with E-state index in [1.54, 1.807) is 0 Å². The van der Waals surface area contributed by atoms with E-state index in [-0.39, 0.29) is 5.60 Å². The lowest BCUT2D eigenvalue weighted by Gasteiger charge is -2.28. The highest BCUT2D eigenvalue weighted by molar-refractivity contribution is 7.54. The molecule has 0 aliphatic carbocycles. The number of nitrogens with zero attached hydrogens (tertiary/aromatic N) is 2. The highest BCUT2D eigenvalue weighted by Gasteiger charge is 2.51. The summed E-state index contributed by atoms with van der Waals surface area (Å²) < 4.78 is 21.9. The quantitative estimate of drug-likeness (QED) is 0.515. The van der Waals surface area contributed by atoms with Crippen LogP contribution in [-0.2, 0) is 9.09 Å². The largest absolute Gasteiger partial charge is 0.346 e. The summed E-state index contributed by atoms with van der Waals surface area (Å²) in [7, 11) is -2.60. The molecule has 2 rings (SSSR count). The standard InChI is InChI=1S/C8H17N2O2P/c1-8(2,3)12-13(11,9-4-5-9)10-6-7-10/h4-7H2,1-3H3.